The first-order valence-electron chi connectivity index (χ1n) is 10.8. The van der Waals surface area contributed by atoms with E-state index in [1.54, 1.807) is 18.2 Å². The standard InChI is InChI=1S/C24H29FN2O4/c1-15-2-3-16(11-22(15)30-9-8-26)24(29)27-13-17-10-21(28)23(12-18(17)14-27)31-20-6-4-19(25)5-7-20/h2-7,11,17-18,21,23,28H,8-10,12-14,26H2,1H3/t17-,18+,21+,23+/m0/s1. The fourth-order valence-corrected chi connectivity index (χ4v) is 4.61. The lowest BCUT2D eigenvalue weighted by atomic mass is 9.78. The van der Waals surface area contributed by atoms with E-state index < -0.39 is 6.10 Å². The van der Waals surface area contributed by atoms with Crippen molar-refractivity contribution in [2.45, 2.75) is 32.0 Å². The first kappa shape index (κ1) is 21.6. The molecule has 1 aliphatic carbocycles. The molecule has 3 N–H and O–H groups in total. The van der Waals surface area contributed by atoms with Crippen molar-refractivity contribution in [3.63, 3.8) is 0 Å². The summed E-state index contributed by atoms with van der Waals surface area (Å²) in [7, 11) is 0. The smallest absolute Gasteiger partial charge is 0.254 e. The Kier molecular flexibility index (Phi) is 6.43. The van der Waals surface area contributed by atoms with Crippen LogP contribution in [0.3, 0.4) is 0 Å². The van der Waals surface area contributed by atoms with Gasteiger partial charge in [-0.3, -0.25) is 4.79 Å². The molecule has 1 amide bonds. The van der Waals surface area contributed by atoms with Gasteiger partial charge in [0.1, 0.15) is 30.0 Å². The Hall–Kier alpha value is -2.64. The molecule has 1 heterocycles. The maximum atomic E-state index is 13.1. The SMILES string of the molecule is Cc1ccc(C(=O)N2C[C@H]3C[C@@H](Oc4ccc(F)cc4)[C@H](O)C[C@H]3C2)cc1OCCN. The van der Waals surface area contributed by atoms with Crippen LogP contribution in [0.15, 0.2) is 42.5 Å². The Bertz CT molecular complexity index is 920. The minimum atomic E-state index is -0.614. The highest BCUT2D eigenvalue weighted by Gasteiger charge is 2.44. The number of hydrogen-bond acceptors (Lipinski definition) is 5. The van der Waals surface area contributed by atoms with Gasteiger partial charge in [0.2, 0.25) is 0 Å². The molecule has 1 aliphatic heterocycles. The van der Waals surface area contributed by atoms with Gasteiger partial charge in [-0.05, 0) is 73.6 Å². The molecule has 1 saturated carbocycles. The maximum absolute atomic E-state index is 13.1. The molecule has 0 spiro atoms. The molecule has 2 fully saturated rings. The molecule has 4 rings (SSSR count). The van der Waals surface area contributed by atoms with Gasteiger partial charge in [-0.25, -0.2) is 4.39 Å². The van der Waals surface area contributed by atoms with Crippen LogP contribution in [0.1, 0.15) is 28.8 Å². The molecule has 0 bridgehead atoms. The van der Waals surface area contributed by atoms with Gasteiger partial charge in [-0.15, -0.1) is 0 Å². The summed E-state index contributed by atoms with van der Waals surface area (Å²) in [5.41, 5.74) is 7.08. The predicted octanol–water partition coefficient (Wildman–Crippen LogP) is 2.76. The highest BCUT2D eigenvalue weighted by Crippen LogP contribution is 2.38. The summed E-state index contributed by atoms with van der Waals surface area (Å²) < 4.78 is 24.7. The summed E-state index contributed by atoms with van der Waals surface area (Å²) in [5.74, 6) is 1.36. The third-order valence-corrected chi connectivity index (χ3v) is 6.28. The summed E-state index contributed by atoms with van der Waals surface area (Å²) >= 11 is 0. The number of rotatable bonds is 6. The van der Waals surface area contributed by atoms with E-state index in [-0.39, 0.29) is 29.7 Å². The van der Waals surface area contributed by atoms with Gasteiger partial charge in [0, 0.05) is 25.2 Å². The van der Waals surface area contributed by atoms with Crippen LogP contribution in [0.25, 0.3) is 0 Å². The number of nitrogens with two attached hydrogens (primary N) is 1. The van der Waals surface area contributed by atoms with E-state index in [9.17, 15) is 14.3 Å². The molecule has 2 aliphatic rings. The minimum Gasteiger partial charge on any atom is -0.492 e. The first-order valence-corrected chi connectivity index (χ1v) is 10.8. The fraction of sp³-hybridized carbons (Fsp3) is 0.458. The number of amides is 1. The van der Waals surface area contributed by atoms with Gasteiger partial charge in [-0.1, -0.05) is 6.07 Å². The van der Waals surface area contributed by atoms with Crippen LogP contribution in [-0.4, -0.2) is 54.4 Å². The average Bonchev–Trinajstić information content (AvgIpc) is 3.17. The number of hydrogen-bond donors (Lipinski definition) is 2. The summed E-state index contributed by atoms with van der Waals surface area (Å²) in [6, 6.07) is 11.3. The first-order chi connectivity index (χ1) is 14.9. The van der Waals surface area contributed by atoms with Gasteiger partial charge in [-0.2, -0.15) is 0 Å². The number of benzene rings is 2. The van der Waals surface area contributed by atoms with E-state index in [0.29, 0.717) is 56.1 Å². The quantitative estimate of drug-likeness (QED) is 0.739. The number of fused-ring (bicyclic) bond motifs is 1. The molecule has 0 aromatic heterocycles. The van der Waals surface area contributed by atoms with Gasteiger partial charge in [0.15, 0.2) is 0 Å². The molecular weight excluding hydrogens is 399 g/mol. The Morgan fingerprint density at radius 1 is 1.16 bits per heavy atom. The molecule has 6 nitrogen and oxygen atoms in total. The van der Waals surface area contributed by atoms with Crippen LogP contribution in [0, 0.1) is 24.6 Å². The number of nitrogens with zero attached hydrogens (tertiary/aromatic N) is 1. The van der Waals surface area contributed by atoms with Crippen molar-refractivity contribution in [3.05, 3.63) is 59.4 Å². The third-order valence-electron chi connectivity index (χ3n) is 6.28. The Labute approximate surface area is 181 Å². The summed E-state index contributed by atoms with van der Waals surface area (Å²) in [4.78, 5) is 15.0. The lowest BCUT2D eigenvalue weighted by Gasteiger charge is -2.35. The summed E-state index contributed by atoms with van der Waals surface area (Å²) in [6.07, 6.45) is 0.263. The molecule has 0 unspecified atom stereocenters. The van der Waals surface area contributed by atoms with Gasteiger partial charge >= 0.3 is 0 Å². The average molecular weight is 429 g/mol. The van der Waals surface area contributed by atoms with Crippen molar-refractivity contribution in [1.29, 1.82) is 0 Å². The van der Waals surface area contributed by atoms with E-state index in [1.165, 1.54) is 12.1 Å². The normalized spacial score (nSPS) is 25.2. The summed E-state index contributed by atoms with van der Waals surface area (Å²) in [6.45, 7) is 4.01. The number of carbonyl (C=O) groups is 1. The Morgan fingerprint density at radius 2 is 1.87 bits per heavy atom. The zero-order chi connectivity index (χ0) is 22.0. The second-order valence-corrected chi connectivity index (χ2v) is 8.50. The van der Waals surface area contributed by atoms with Crippen molar-refractivity contribution in [2.75, 3.05) is 26.2 Å². The van der Waals surface area contributed by atoms with Crippen molar-refractivity contribution < 1.29 is 23.8 Å². The Morgan fingerprint density at radius 3 is 2.58 bits per heavy atom. The lowest BCUT2D eigenvalue weighted by Crippen LogP contribution is -2.42. The van der Waals surface area contributed by atoms with Gasteiger partial charge < -0.3 is 25.2 Å². The number of aliphatic hydroxyl groups excluding tert-OH is 1. The number of aryl methyl sites for hydroxylation is 1. The van der Waals surface area contributed by atoms with Crippen LogP contribution in [0.2, 0.25) is 0 Å². The number of ether oxygens (including phenoxy) is 2. The molecule has 7 heteroatoms. The molecule has 2 aromatic rings. The predicted molar refractivity (Wildman–Crippen MR) is 115 cm³/mol. The topological polar surface area (TPSA) is 85.0 Å². The van der Waals surface area contributed by atoms with Gasteiger partial charge in [0.25, 0.3) is 5.91 Å². The van der Waals surface area contributed by atoms with E-state index >= 15 is 0 Å². The van der Waals surface area contributed by atoms with Crippen LogP contribution < -0.4 is 15.2 Å². The Balaban J connectivity index is 1.41. The molecule has 1 saturated heterocycles. The monoisotopic (exact) mass is 428 g/mol. The zero-order valence-corrected chi connectivity index (χ0v) is 17.7. The van der Waals surface area contributed by atoms with E-state index in [4.69, 9.17) is 15.2 Å². The molecule has 2 aromatic carbocycles. The van der Waals surface area contributed by atoms with Crippen LogP contribution >= 0.6 is 0 Å². The zero-order valence-electron chi connectivity index (χ0n) is 17.7. The molecule has 0 radical (unpaired) electrons. The van der Waals surface area contributed by atoms with Crippen LogP contribution in [0.5, 0.6) is 11.5 Å². The second kappa shape index (κ2) is 9.24. The maximum Gasteiger partial charge on any atom is 0.254 e. The molecule has 31 heavy (non-hydrogen) atoms. The second-order valence-electron chi connectivity index (χ2n) is 8.50. The van der Waals surface area contributed by atoms with Crippen LogP contribution in [-0.2, 0) is 0 Å². The minimum absolute atomic E-state index is 0.0301. The third kappa shape index (κ3) is 4.83. The highest BCUT2D eigenvalue weighted by atomic mass is 19.1. The van der Waals surface area contributed by atoms with Crippen molar-refractivity contribution in [3.8, 4) is 11.5 Å². The molecule has 4 atom stereocenters. The molecule has 166 valence electrons. The lowest BCUT2D eigenvalue weighted by molar-refractivity contribution is -0.0231. The van der Waals surface area contributed by atoms with Gasteiger partial charge in [0.05, 0.1) is 6.10 Å². The van der Waals surface area contributed by atoms with E-state index in [0.717, 1.165) is 5.56 Å². The fourth-order valence-electron chi connectivity index (χ4n) is 4.61. The summed E-state index contributed by atoms with van der Waals surface area (Å²) in [5, 5.41) is 10.6. The number of carbonyl (C=O) groups excluding carboxylic acids is 1. The van der Waals surface area contributed by atoms with E-state index in [2.05, 4.69) is 0 Å². The van der Waals surface area contributed by atoms with Crippen molar-refractivity contribution in [2.24, 2.45) is 17.6 Å². The highest BCUT2D eigenvalue weighted by molar-refractivity contribution is 5.95. The molecular formula is C24H29FN2O4. The van der Waals surface area contributed by atoms with Crippen molar-refractivity contribution in [1.82, 2.24) is 4.90 Å². The largest absolute Gasteiger partial charge is 0.492 e. The number of halogens is 1. The number of aliphatic hydroxyl groups is 1. The number of likely N-dealkylation sites (tertiary alicyclic amines) is 1. The van der Waals surface area contributed by atoms with E-state index in [1.807, 2.05) is 24.0 Å². The van der Waals surface area contributed by atoms with Crippen LogP contribution in [0.4, 0.5) is 4.39 Å². The van der Waals surface area contributed by atoms with Crippen molar-refractivity contribution >= 4 is 5.91 Å².